The topological polar surface area (TPSA) is 0 Å². The van der Waals surface area contributed by atoms with Gasteiger partial charge in [0.15, 0.2) is 0 Å². The normalized spacial score (nSPS) is 10.3. The summed E-state index contributed by atoms with van der Waals surface area (Å²) in [5.74, 6) is 0. The van der Waals surface area contributed by atoms with Crippen molar-refractivity contribution >= 4 is 0 Å². The molecule has 0 saturated heterocycles. The first-order chi connectivity index (χ1) is 7.31. The molecule has 1 radical (unpaired) electrons. The lowest BCUT2D eigenvalue weighted by atomic mass is 9.97. The van der Waals surface area contributed by atoms with Gasteiger partial charge in [-0.1, -0.05) is 54.1 Å². The second-order valence-corrected chi connectivity index (χ2v) is 3.77. The van der Waals surface area contributed by atoms with Crippen LogP contribution < -0.4 is 0 Å². The van der Waals surface area contributed by atoms with Crippen LogP contribution in [0, 0.1) is 13.8 Å². The molecule has 0 heteroatoms. The Bertz CT molecular complexity index is 438. The molecule has 0 unspecified atom stereocenters. The highest BCUT2D eigenvalue weighted by molar-refractivity contribution is 5.67. The van der Waals surface area contributed by atoms with Crippen molar-refractivity contribution in [3.63, 3.8) is 0 Å². The lowest BCUT2D eigenvalue weighted by Gasteiger charge is -2.07. The smallest absolute Gasteiger partial charge is 0.0152 e. The third-order valence-corrected chi connectivity index (χ3v) is 2.65. The van der Waals surface area contributed by atoms with Gasteiger partial charge in [-0.2, -0.15) is 0 Å². The molecule has 0 aliphatic heterocycles. The molecular formula is C15H15. The summed E-state index contributed by atoms with van der Waals surface area (Å²) in [5, 5.41) is 0. The predicted octanol–water partition coefficient (Wildman–Crippen LogP) is 4.04. The van der Waals surface area contributed by atoms with Crippen LogP contribution in [0.15, 0.2) is 48.5 Å². The SMILES string of the molecule is [CH2]Cc1ccccc1-c1ccc(C)cc1. The monoisotopic (exact) mass is 195 g/mol. The molecule has 0 saturated carbocycles. The van der Waals surface area contributed by atoms with E-state index >= 15 is 0 Å². The van der Waals surface area contributed by atoms with E-state index in [9.17, 15) is 0 Å². The Kier molecular flexibility index (Phi) is 2.86. The van der Waals surface area contributed by atoms with Gasteiger partial charge in [-0.05, 0) is 37.0 Å². The van der Waals surface area contributed by atoms with Gasteiger partial charge in [0.1, 0.15) is 0 Å². The van der Waals surface area contributed by atoms with E-state index in [-0.39, 0.29) is 0 Å². The van der Waals surface area contributed by atoms with Crippen LogP contribution >= 0.6 is 0 Å². The summed E-state index contributed by atoms with van der Waals surface area (Å²) in [7, 11) is 0. The molecule has 2 aromatic rings. The molecule has 75 valence electrons. The molecule has 0 amide bonds. The maximum Gasteiger partial charge on any atom is -0.0152 e. The van der Waals surface area contributed by atoms with Crippen molar-refractivity contribution in [1.29, 1.82) is 0 Å². The van der Waals surface area contributed by atoms with Gasteiger partial charge in [0, 0.05) is 0 Å². The van der Waals surface area contributed by atoms with Crippen LogP contribution in [0.2, 0.25) is 0 Å². The minimum atomic E-state index is 0.837. The van der Waals surface area contributed by atoms with Gasteiger partial charge < -0.3 is 0 Å². The van der Waals surface area contributed by atoms with Gasteiger partial charge in [-0.15, -0.1) is 0 Å². The van der Waals surface area contributed by atoms with Gasteiger partial charge >= 0.3 is 0 Å². The van der Waals surface area contributed by atoms with Crippen molar-refractivity contribution in [2.75, 3.05) is 0 Å². The molecule has 0 atom stereocenters. The van der Waals surface area contributed by atoms with Crippen molar-refractivity contribution in [2.45, 2.75) is 13.3 Å². The molecule has 0 bridgehead atoms. The first kappa shape index (κ1) is 9.97. The summed E-state index contributed by atoms with van der Waals surface area (Å²) in [6.45, 7) is 6.07. The molecule has 0 spiro atoms. The molecule has 0 aliphatic rings. The van der Waals surface area contributed by atoms with E-state index in [1.165, 1.54) is 22.3 Å². The lowest BCUT2D eigenvalue weighted by molar-refractivity contribution is 1.27. The van der Waals surface area contributed by atoms with E-state index in [1.807, 2.05) is 0 Å². The fourth-order valence-electron chi connectivity index (χ4n) is 1.75. The molecule has 0 nitrogen and oxygen atoms in total. The first-order valence-electron chi connectivity index (χ1n) is 5.25. The Morgan fingerprint density at radius 3 is 2.27 bits per heavy atom. The fraction of sp³-hybridized carbons (Fsp3) is 0.133. The quantitative estimate of drug-likeness (QED) is 0.678. The number of hydrogen-bond donors (Lipinski definition) is 0. The van der Waals surface area contributed by atoms with E-state index in [4.69, 9.17) is 0 Å². The average molecular weight is 195 g/mol. The summed E-state index contributed by atoms with van der Waals surface area (Å²) < 4.78 is 0. The Morgan fingerprint density at radius 1 is 0.933 bits per heavy atom. The summed E-state index contributed by atoms with van der Waals surface area (Å²) in [6.07, 6.45) is 0.837. The van der Waals surface area contributed by atoms with E-state index in [0.29, 0.717) is 0 Å². The van der Waals surface area contributed by atoms with Gasteiger partial charge in [0.25, 0.3) is 0 Å². The summed E-state index contributed by atoms with van der Waals surface area (Å²) >= 11 is 0. The third-order valence-electron chi connectivity index (χ3n) is 2.65. The minimum Gasteiger partial charge on any atom is -0.0620 e. The molecular weight excluding hydrogens is 180 g/mol. The third kappa shape index (κ3) is 2.10. The number of hydrogen-bond acceptors (Lipinski definition) is 0. The van der Waals surface area contributed by atoms with Gasteiger partial charge in [-0.25, -0.2) is 0 Å². The fourth-order valence-corrected chi connectivity index (χ4v) is 1.75. The van der Waals surface area contributed by atoms with Crippen LogP contribution in [-0.4, -0.2) is 0 Å². The summed E-state index contributed by atoms with van der Waals surface area (Å²) in [6, 6.07) is 17.1. The Morgan fingerprint density at radius 2 is 1.60 bits per heavy atom. The van der Waals surface area contributed by atoms with Crippen molar-refractivity contribution in [3.8, 4) is 11.1 Å². The maximum atomic E-state index is 3.96. The molecule has 0 N–H and O–H groups in total. The molecule has 2 aromatic carbocycles. The Hall–Kier alpha value is -1.56. The maximum absolute atomic E-state index is 3.96. The molecule has 0 heterocycles. The van der Waals surface area contributed by atoms with Crippen LogP contribution in [0.25, 0.3) is 11.1 Å². The second kappa shape index (κ2) is 4.31. The minimum absolute atomic E-state index is 0.837. The average Bonchev–Trinajstić information content (AvgIpc) is 2.30. The van der Waals surface area contributed by atoms with Crippen LogP contribution in [0.5, 0.6) is 0 Å². The molecule has 2 rings (SSSR count). The summed E-state index contributed by atoms with van der Waals surface area (Å²) in [4.78, 5) is 0. The van der Waals surface area contributed by atoms with Crippen molar-refractivity contribution in [2.24, 2.45) is 0 Å². The number of rotatable bonds is 2. The molecule has 0 aliphatic carbocycles. The van der Waals surface area contributed by atoms with Crippen LogP contribution in [0.4, 0.5) is 0 Å². The molecule has 0 aromatic heterocycles. The van der Waals surface area contributed by atoms with E-state index < -0.39 is 0 Å². The number of benzene rings is 2. The standard InChI is InChI=1S/C15H15/c1-3-13-6-4-5-7-15(13)14-10-8-12(2)9-11-14/h4-11H,1,3H2,2H3. The zero-order valence-corrected chi connectivity index (χ0v) is 9.03. The zero-order chi connectivity index (χ0) is 10.7. The van der Waals surface area contributed by atoms with E-state index in [2.05, 4.69) is 62.4 Å². The molecule has 15 heavy (non-hydrogen) atoms. The summed E-state index contributed by atoms with van der Waals surface area (Å²) in [5.41, 5.74) is 5.18. The highest BCUT2D eigenvalue weighted by atomic mass is 14.1. The van der Waals surface area contributed by atoms with Crippen molar-refractivity contribution in [3.05, 3.63) is 66.6 Å². The molecule has 0 fully saturated rings. The number of aryl methyl sites for hydroxylation is 1. The van der Waals surface area contributed by atoms with Crippen LogP contribution in [0.1, 0.15) is 11.1 Å². The highest BCUT2D eigenvalue weighted by Crippen LogP contribution is 2.24. The van der Waals surface area contributed by atoms with Crippen molar-refractivity contribution < 1.29 is 0 Å². The largest absolute Gasteiger partial charge is 0.0620 e. The predicted molar refractivity (Wildman–Crippen MR) is 65.7 cm³/mol. The van der Waals surface area contributed by atoms with Gasteiger partial charge in [-0.3, -0.25) is 0 Å². The van der Waals surface area contributed by atoms with Gasteiger partial charge in [0.05, 0.1) is 0 Å². The van der Waals surface area contributed by atoms with Crippen LogP contribution in [0.3, 0.4) is 0 Å². The zero-order valence-electron chi connectivity index (χ0n) is 9.03. The van der Waals surface area contributed by atoms with E-state index in [0.717, 1.165) is 6.42 Å². The van der Waals surface area contributed by atoms with Crippen molar-refractivity contribution in [1.82, 2.24) is 0 Å². The highest BCUT2D eigenvalue weighted by Gasteiger charge is 2.01. The van der Waals surface area contributed by atoms with E-state index in [1.54, 1.807) is 0 Å². The van der Waals surface area contributed by atoms with Crippen LogP contribution in [-0.2, 0) is 6.42 Å². The Balaban J connectivity index is 2.49. The lowest BCUT2D eigenvalue weighted by Crippen LogP contribution is -1.86. The van der Waals surface area contributed by atoms with Gasteiger partial charge in [0.2, 0.25) is 0 Å². The Labute approximate surface area is 91.6 Å². The second-order valence-electron chi connectivity index (χ2n) is 3.77. The first-order valence-corrected chi connectivity index (χ1v) is 5.25.